The van der Waals surface area contributed by atoms with E-state index in [0.717, 1.165) is 7.11 Å². The average molecular weight is 310 g/mol. The van der Waals surface area contributed by atoms with E-state index in [1.54, 1.807) is 0 Å². The predicted molar refractivity (Wildman–Crippen MR) is 71.2 cm³/mol. The van der Waals surface area contributed by atoms with Crippen molar-refractivity contribution >= 4 is 0 Å². The molecule has 0 saturated carbocycles. The second-order valence-corrected chi connectivity index (χ2v) is 5.22. The molecule has 21 heavy (non-hydrogen) atoms. The highest BCUT2D eigenvalue weighted by atomic mass is 16.7. The number of aliphatic hydroxyl groups excluding tert-OH is 5. The highest BCUT2D eigenvalue weighted by Crippen LogP contribution is 2.27. The van der Waals surface area contributed by atoms with Crippen molar-refractivity contribution < 1.29 is 39.7 Å². The van der Waals surface area contributed by atoms with E-state index in [1.165, 1.54) is 0 Å². The van der Waals surface area contributed by atoms with E-state index in [9.17, 15) is 20.4 Å². The monoisotopic (exact) mass is 310 g/mol. The van der Waals surface area contributed by atoms with E-state index in [-0.39, 0.29) is 19.1 Å². The van der Waals surface area contributed by atoms with Gasteiger partial charge < -0.3 is 39.7 Å². The topological polar surface area (TPSA) is 129 Å². The van der Waals surface area contributed by atoms with Crippen molar-refractivity contribution in [1.82, 2.24) is 0 Å². The first-order valence-electron chi connectivity index (χ1n) is 7.05. The van der Waals surface area contributed by atoms with Gasteiger partial charge >= 0.3 is 0 Å². The van der Waals surface area contributed by atoms with Crippen LogP contribution in [0.25, 0.3) is 0 Å². The van der Waals surface area contributed by atoms with Crippen LogP contribution < -0.4 is 0 Å². The normalized spacial score (nSPS) is 43.9. The molecule has 0 spiro atoms. The largest absolute Gasteiger partial charge is 0.400 e. The van der Waals surface area contributed by atoms with E-state index in [4.69, 9.17) is 19.3 Å². The number of ether oxygens (including phenoxy) is 3. The molecule has 0 bridgehead atoms. The molecule has 0 aromatic heterocycles. The maximum absolute atomic E-state index is 9.91. The Kier molecular flexibility index (Phi) is 7.99. The summed E-state index contributed by atoms with van der Waals surface area (Å²) < 4.78 is 16.3. The van der Waals surface area contributed by atoms with Crippen molar-refractivity contribution in [1.29, 1.82) is 0 Å². The van der Waals surface area contributed by atoms with Gasteiger partial charge in [0, 0.05) is 20.0 Å². The lowest BCUT2D eigenvalue weighted by molar-refractivity contribution is -0.301. The summed E-state index contributed by atoms with van der Waals surface area (Å²) in [7, 11) is 1.00. The Morgan fingerprint density at radius 3 is 2.29 bits per heavy atom. The maximum Gasteiger partial charge on any atom is 0.161 e. The fourth-order valence-corrected chi connectivity index (χ4v) is 2.58. The third-order valence-electron chi connectivity index (χ3n) is 3.46. The molecule has 5 N–H and O–H groups in total. The highest BCUT2D eigenvalue weighted by molar-refractivity contribution is 4.85. The van der Waals surface area contributed by atoms with Crippen LogP contribution in [0.2, 0.25) is 0 Å². The van der Waals surface area contributed by atoms with Gasteiger partial charge in [0.2, 0.25) is 0 Å². The molecule has 0 aromatic carbocycles. The number of hydrogen-bond donors (Lipinski definition) is 5. The lowest BCUT2D eigenvalue weighted by Gasteiger charge is -2.40. The Bertz CT molecular complexity index is 279. The summed E-state index contributed by atoms with van der Waals surface area (Å²) in [4.78, 5) is 0. The van der Waals surface area contributed by atoms with Crippen molar-refractivity contribution in [2.24, 2.45) is 0 Å². The predicted octanol–water partition coefficient (Wildman–Crippen LogP) is -1.67. The standard InChI is InChI=1S/C12H22O7.CH4O/c1-6-2-7(14)3-11(17-6)19-12-8(15)4-10(16)18-9(12)5-13;1-2/h6-16H,2-5H2,1H3;2H,1H3. The van der Waals surface area contributed by atoms with Gasteiger partial charge in [-0.1, -0.05) is 0 Å². The Morgan fingerprint density at radius 1 is 1.05 bits per heavy atom. The van der Waals surface area contributed by atoms with Crippen molar-refractivity contribution in [2.75, 3.05) is 13.7 Å². The molecule has 2 fully saturated rings. The molecular formula is C13H26O8. The van der Waals surface area contributed by atoms with Gasteiger partial charge in [0.15, 0.2) is 12.6 Å². The second-order valence-electron chi connectivity index (χ2n) is 5.22. The lowest BCUT2D eigenvalue weighted by Crippen LogP contribution is -2.53. The summed E-state index contributed by atoms with van der Waals surface area (Å²) in [5, 5.41) is 45.2. The van der Waals surface area contributed by atoms with Gasteiger partial charge in [0.25, 0.3) is 0 Å². The number of aliphatic hydroxyl groups is 5. The first-order valence-corrected chi connectivity index (χ1v) is 7.05. The van der Waals surface area contributed by atoms with E-state index in [0.29, 0.717) is 12.8 Å². The third-order valence-corrected chi connectivity index (χ3v) is 3.46. The smallest absolute Gasteiger partial charge is 0.161 e. The van der Waals surface area contributed by atoms with Crippen LogP contribution in [0.5, 0.6) is 0 Å². The molecule has 2 rings (SSSR count). The first kappa shape index (κ1) is 18.7. The van der Waals surface area contributed by atoms with E-state index in [1.807, 2.05) is 6.92 Å². The summed E-state index contributed by atoms with van der Waals surface area (Å²) in [6, 6.07) is 0. The van der Waals surface area contributed by atoms with Crippen LogP contribution in [0.1, 0.15) is 26.2 Å². The summed E-state index contributed by atoms with van der Waals surface area (Å²) in [5.41, 5.74) is 0. The molecule has 8 nitrogen and oxygen atoms in total. The van der Waals surface area contributed by atoms with E-state index < -0.39 is 37.0 Å². The molecule has 7 unspecified atom stereocenters. The molecule has 2 saturated heterocycles. The zero-order valence-corrected chi connectivity index (χ0v) is 12.3. The minimum Gasteiger partial charge on any atom is -0.400 e. The SMILES string of the molecule is CC1CC(O)CC(OC2C(O)CC(O)OC2CO)O1.CO. The van der Waals surface area contributed by atoms with Gasteiger partial charge in [-0.2, -0.15) is 0 Å². The summed E-state index contributed by atoms with van der Waals surface area (Å²) in [5.74, 6) is 0. The number of rotatable bonds is 3. The van der Waals surface area contributed by atoms with Crippen LogP contribution in [0.3, 0.4) is 0 Å². The molecule has 0 aliphatic carbocycles. The Hall–Kier alpha value is -0.320. The zero-order chi connectivity index (χ0) is 16.0. The molecule has 126 valence electrons. The van der Waals surface area contributed by atoms with Gasteiger partial charge in [-0.25, -0.2) is 0 Å². The average Bonchev–Trinajstić information content (AvgIpc) is 2.42. The molecular weight excluding hydrogens is 284 g/mol. The minimum atomic E-state index is -1.11. The van der Waals surface area contributed by atoms with E-state index in [2.05, 4.69) is 0 Å². The Labute approximate surface area is 123 Å². The molecule has 2 aliphatic heterocycles. The molecule has 2 aliphatic rings. The highest BCUT2D eigenvalue weighted by Gasteiger charge is 2.40. The molecule has 0 amide bonds. The summed E-state index contributed by atoms with van der Waals surface area (Å²) >= 11 is 0. The quantitative estimate of drug-likeness (QED) is 0.418. The molecule has 2 heterocycles. The lowest BCUT2D eigenvalue weighted by atomic mass is 10.0. The van der Waals surface area contributed by atoms with Gasteiger partial charge in [0.05, 0.1) is 24.9 Å². The van der Waals surface area contributed by atoms with E-state index >= 15 is 0 Å². The molecule has 8 heteroatoms. The van der Waals surface area contributed by atoms with Crippen LogP contribution in [0.15, 0.2) is 0 Å². The minimum absolute atomic E-state index is 0.0198. The van der Waals surface area contributed by atoms with Gasteiger partial charge in [-0.05, 0) is 13.3 Å². The van der Waals surface area contributed by atoms with Crippen LogP contribution in [-0.4, -0.2) is 82.3 Å². The zero-order valence-electron chi connectivity index (χ0n) is 12.3. The van der Waals surface area contributed by atoms with Gasteiger partial charge in [-0.15, -0.1) is 0 Å². The Balaban J connectivity index is 0.00000106. The molecule has 0 radical (unpaired) electrons. The second kappa shape index (κ2) is 8.96. The van der Waals surface area contributed by atoms with Crippen LogP contribution >= 0.6 is 0 Å². The van der Waals surface area contributed by atoms with Crippen LogP contribution in [0, 0.1) is 0 Å². The Morgan fingerprint density at radius 2 is 1.71 bits per heavy atom. The van der Waals surface area contributed by atoms with Crippen LogP contribution in [0.4, 0.5) is 0 Å². The maximum atomic E-state index is 9.91. The molecule has 7 atom stereocenters. The summed E-state index contributed by atoms with van der Waals surface area (Å²) in [6.07, 6.45) is -4.05. The fraction of sp³-hybridized carbons (Fsp3) is 1.00. The molecule has 0 aromatic rings. The fourth-order valence-electron chi connectivity index (χ4n) is 2.58. The van der Waals surface area contributed by atoms with Crippen molar-refractivity contribution in [3.63, 3.8) is 0 Å². The van der Waals surface area contributed by atoms with Crippen molar-refractivity contribution in [3.8, 4) is 0 Å². The van der Waals surface area contributed by atoms with Crippen molar-refractivity contribution in [2.45, 2.75) is 69.3 Å². The number of hydrogen-bond acceptors (Lipinski definition) is 8. The van der Waals surface area contributed by atoms with Crippen molar-refractivity contribution in [3.05, 3.63) is 0 Å². The summed E-state index contributed by atoms with van der Waals surface area (Å²) in [6.45, 7) is 1.46. The van der Waals surface area contributed by atoms with Gasteiger partial charge in [0.1, 0.15) is 12.2 Å². The van der Waals surface area contributed by atoms with Crippen LogP contribution in [-0.2, 0) is 14.2 Å². The van der Waals surface area contributed by atoms with Gasteiger partial charge in [-0.3, -0.25) is 0 Å². The third kappa shape index (κ3) is 5.42. The first-order chi connectivity index (χ1) is 9.99.